The first-order valence-electron chi connectivity index (χ1n) is 6.63. The minimum atomic E-state index is -1.14. The third-order valence-corrected chi connectivity index (χ3v) is 2.93. The molecular formula is C14H16N4O3. The van der Waals surface area contributed by atoms with Gasteiger partial charge in [-0.2, -0.15) is 5.10 Å². The van der Waals surface area contributed by atoms with Crippen LogP contribution >= 0.6 is 0 Å². The van der Waals surface area contributed by atoms with E-state index >= 15 is 0 Å². The Morgan fingerprint density at radius 1 is 1.33 bits per heavy atom. The van der Waals surface area contributed by atoms with Gasteiger partial charge in [0.2, 0.25) is 0 Å². The molecule has 7 nitrogen and oxygen atoms in total. The summed E-state index contributed by atoms with van der Waals surface area (Å²) < 4.78 is 1.61. The monoisotopic (exact) mass is 288 g/mol. The summed E-state index contributed by atoms with van der Waals surface area (Å²) in [4.78, 5) is 27.0. The van der Waals surface area contributed by atoms with Gasteiger partial charge >= 0.3 is 5.97 Å². The van der Waals surface area contributed by atoms with E-state index in [2.05, 4.69) is 15.4 Å². The Morgan fingerprint density at radius 2 is 2.10 bits per heavy atom. The highest BCUT2D eigenvalue weighted by molar-refractivity contribution is 6.02. The van der Waals surface area contributed by atoms with Gasteiger partial charge in [0, 0.05) is 6.54 Å². The molecule has 2 aromatic heterocycles. The number of aromatic nitrogens is 3. The lowest BCUT2D eigenvalue weighted by molar-refractivity contribution is 0.0690. The lowest BCUT2D eigenvalue weighted by Gasteiger charge is -2.06. The molecule has 0 spiro atoms. The number of hydrogen-bond acceptors (Lipinski definition) is 4. The molecule has 0 saturated carbocycles. The molecule has 0 aliphatic heterocycles. The van der Waals surface area contributed by atoms with E-state index in [-0.39, 0.29) is 17.4 Å². The van der Waals surface area contributed by atoms with Crippen LogP contribution in [0.4, 0.5) is 5.82 Å². The lowest BCUT2D eigenvalue weighted by atomic mass is 10.3. The van der Waals surface area contributed by atoms with Crippen molar-refractivity contribution in [3.63, 3.8) is 0 Å². The summed E-state index contributed by atoms with van der Waals surface area (Å²) in [7, 11) is 0. The van der Waals surface area contributed by atoms with Crippen LogP contribution in [0.15, 0.2) is 24.3 Å². The van der Waals surface area contributed by atoms with Gasteiger partial charge in [0.1, 0.15) is 11.5 Å². The highest BCUT2D eigenvalue weighted by Gasteiger charge is 2.15. The molecule has 7 heteroatoms. The Kier molecular flexibility index (Phi) is 4.32. The second-order valence-electron chi connectivity index (χ2n) is 4.36. The Bertz CT molecular complexity index is 679. The van der Waals surface area contributed by atoms with Crippen molar-refractivity contribution in [2.75, 3.05) is 5.32 Å². The molecule has 2 rings (SSSR count). The van der Waals surface area contributed by atoms with Crippen molar-refractivity contribution in [1.82, 2.24) is 14.8 Å². The molecule has 0 aromatic carbocycles. The van der Waals surface area contributed by atoms with Crippen LogP contribution in [0.25, 0.3) is 0 Å². The zero-order chi connectivity index (χ0) is 15.4. The Labute approximate surface area is 121 Å². The SMILES string of the molecule is CCc1cc(C(=O)Nc2cccc(C(=O)O)n2)n(CC)n1. The summed E-state index contributed by atoms with van der Waals surface area (Å²) in [5.74, 6) is -1.31. The summed E-state index contributed by atoms with van der Waals surface area (Å²) in [5.41, 5.74) is 1.14. The number of rotatable bonds is 5. The molecule has 2 aromatic rings. The first kappa shape index (κ1) is 14.7. The number of pyridine rings is 1. The third-order valence-electron chi connectivity index (χ3n) is 2.93. The maximum atomic E-state index is 12.2. The summed E-state index contributed by atoms with van der Waals surface area (Å²) in [5, 5.41) is 15.8. The number of amides is 1. The van der Waals surface area contributed by atoms with E-state index in [1.165, 1.54) is 18.2 Å². The fourth-order valence-electron chi connectivity index (χ4n) is 1.87. The molecular weight excluding hydrogens is 272 g/mol. The van der Waals surface area contributed by atoms with E-state index in [9.17, 15) is 9.59 Å². The van der Waals surface area contributed by atoms with Crippen molar-refractivity contribution in [3.05, 3.63) is 41.3 Å². The van der Waals surface area contributed by atoms with E-state index in [0.29, 0.717) is 12.2 Å². The first-order valence-corrected chi connectivity index (χ1v) is 6.63. The van der Waals surface area contributed by atoms with E-state index < -0.39 is 5.97 Å². The van der Waals surface area contributed by atoms with Crippen molar-refractivity contribution < 1.29 is 14.7 Å². The average Bonchev–Trinajstić information content (AvgIpc) is 2.91. The van der Waals surface area contributed by atoms with Crippen molar-refractivity contribution in [3.8, 4) is 0 Å². The van der Waals surface area contributed by atoms with E-state index in [0.717, 1.165) is 12.1 Å². The topological polar surface area (TPSA) is 97.1 Å². The second-order valence-corrected chi connectivity index (χ2v) is 4.36. The van der Waals surface area contributed by atoms with Gasteiger partial charge in [-0.25, -0.2) is 9.78 Å². The maximum absolute atomic E-state index is 12.2. The van der Waals surface area contributed by atoms with E-state index in [4.69, 9.17) is 5.11 Å². The molecule has 1 amide bonds. The van der Waals surface area contributed by atoms with Gasteiger partial charge in [-0.05, 0) is 31.5 Å². The summed E-state index contributed by atoms with van der Waals surface area (Å²) in [6.07, 6.45) is 0.736. The van der Waals surface area contributed by atoms with Gasteiger partial charge in [0.05, 0.1) is 5.69 Å². The van der Waals surface area contributed by atoms with Crippen LogP contribution in [0.3, 0.4) is 0 Å². The Balaban J connectivity index is 2.23. The smallest absolute Gasteiger partial charge is 0.354 e. The number of carbonyl (C=O) groups is 2. The zero-order valence-electron chi connectivity index (χ0n) is 11.8. The fraction of sp³-hybridized carbons (Fsp3) is 0.286. The number of nitrogens with one attached hydrogen (secondary N) is 1. The number of aryl methyl sites for hydroxylation is 2. The molecule has 2 heterocycles. The van der Waals surface area contributed by atoms with Crippen molar-refractivity contribution >= 4 is 17.7 Å². The van der Waals surface area contributed by atoms with Gasteiger partial charge in [-0.3, -0.25) is 9.48 Å². The standard InChI is InChI=1S/C14H16N4O3/c1-3-9-8-11(18(4-2)17-9)13(19)16-12-7-5-6-10(15-12)14(20)21/h5-8H,3-4H2,1-2H3,(H,20,21)(H,15,16,19). The predicted molar refractivity (Wildman–Crippen MR) is 76.4 cm³/mol. The number of carboxylic acids is 1. The largest absolute Gasteiger partial charge is 0.477 e. The van der Waals surface area contributed by atoms with E-state index in [1.54, 1.807) is 10.7 Å². The number of aromatic carboxylic acids is 1. The van der Waals surface area contributed by atoms with Crippen LogP contribution in [0, 0.1) is 0 Å². The first-order chi connectivity index (χ1) is 10.0. The Hall–Kier alpha value is -2.70. The Morgan fingerprint density at radius 3 is 2.71 bits per heavy atom. The number of anilines is 1. The van der Waals surface area contributed by atoms with Crippen molar-refractivity contribution in [1.29, 1.82) is 0 Å². The molecule has 0 radical (unpaired) electrons. The number of hydrogen-bond donors (Lipinski definition) is 2. The summed E-state index contributed by atoms with van der Waals surface area (Å²) >= 11 is 0. The molecule has 0 fully saturated rings. The van der Waals surface area contributed by atoms with Crippen LogP contribution in [0.5, 0.6) is 0 Å². The maximum Gasteiger partial charge on any atom is 0.354 e. The second kappa shape index (κ2) is 6.17. The normalized spacial score (nSPS) is 10.4. The van der Waals surface area contributed by atoms with Crippen molar-refractivity contribution in [2.24, 2.45) is 0 Å². The highest BCUT2D eigenvalue weighted by Crippen LogP contribution is 2.10. The number of nitrogens with zero attached hydrogens (tertiary/aromatic N) is 3. The highest BCUT2D eigenvalue weighted by atomic mass is 16.4. The van der Waals surface area contributed by atoms with Gasteiger partial charge in [-0.15, -0.1) is 0 Å². The quantitative estimate of drug-likeness (QED) is 0.874. The number of carbonyl (C=O) groups excluding carboxylic acids is 1. The van der Waals surface area contributed by atoms with Crippen LogP contribution in [0.1, 0.15) is 40.5 Å². The molecule has 0 unspecified atom stereocenters. The van der Waals surface area contributed by atoms with Crippen LogP contribution in [-0.4, -0.2) is 31.7 Å². The minimum absolute atomic E-state index is 0.119. The molecule has 0 saturated heterocycles. The lowest BCUT2D eigenvalue weighted by Crippen LogP contribution is -2.18. The zero-order valence-corrected chi connectivity index (χ0v) is 11.8. The third kappa shape index (κ3) is 3.25. The number of carboxylic acid groups (broad SMARTS) is 1. The average molecular weight is 288 g/mol. The molecule has 2 N–H and O–H groups in total. The molecule has 0 aliphatic rings. The van der Waals surface area contributed by atoms with Crippen molar-refractivity contribution in [2.45, 2.75) is 26.8 Å². The molecule has 21 heavy (non-hydrogen) atoms. The summed E-state index contributed by atoms with van der Waals surface area (Å²) in [6.45, 7) is 4.43. The van der Waals surface area contributed by atoms with Crippen LogP contribution in [-0.2, 0) is 13.0 Å². The van der Waals surface area contributed by atoms with E-state index in [1.807, 2.05) is 13.8 Å². The predicted octanol–water partition coefficient (Wildman–Crippen LogP) is 1.81. The fourth-order valence-corrected chi connectivity index (χ4v) is 1.87. The molecule has 0 atom stereocenters. The van der Waals surface area contributed by atoms with Gasteiger partial charge < -0.3 is 10.4 Å². The molecule has 0 aliphatic carbocycles. The van der Waals surface area contributed by atoms with Crippen LogP contribution in [0.2, 0.25) is 0 Å². The molecule has 0 bridgehead atoms. The summed E-state index contributed by atoms with van der Waals surface area (Å²) in [6, 6.07) is 6.15. The minimum Gasteiger partial charge on any atom is -0.477 e. The van der Waals surface area contributed by atoms with Gasteiger partial charge in [-0.1, -0.05) is 13.0 Å². The van der Waals surface area contributed by atoms with Gasteiger partial charge in [0.25, 0.3) is 5.91 Å². The van der Waals surface area contributed by atoms with Gasteiger partial charge in [0.15, 0.2) is 5.69 Å². The molecule has 110 valence electrons. The van der Waals surface area contributed by atoms with Crippen LogP contribution < -0.4 is 5.32 Å².